The Hall–Kier alpha value is -2.11. The average Bonchev–Trinajstić information content (AvgIpc) is 2.84. The summed E-state index contributed by atoms with van der Waals surface area (Å²) in [4.78, 5) is 25.9. The van der Waals surface area contributed by atoms with E-state index in [0.717, 1.165) is 25.7 Å². The highest BCUT2D eigenvalue weighted by molar-refractivity contribution is 6.04. The molecule has 124 valence electrons. The van der Waals surface area contributed by atoms with Gasteiger partial charge in [0.2, 0.25) is 0 Å². The normalized spacial score (nSPS) is 22.3. The van der Waals surface area contributed by atoms with E-state index in [1.165, 1.54) is 30.6 Å². The topological polar surface area (TPSA) is 58.6 Å². The molecular formula is C17H21FN2O3. The molecule has 23 heavy (non-hydrogen) atoms. The predicted molar refractivity (Wildman–Crippen MR) is 82.4 cm³/mol. The molecule has 0 spiro atoms. The highest BCUT2D eigenvalue weighted by Crippen LogP contribution is 2.30. The number of benzene rings is 1. The largest absolute Gasteiger partial charge is 0.494 e. The third-order valence-corrected chi connectivity index (χ3v) is 4.73. The number of methoxy groups -OCH3 is 1. The lowest BCUT2D eigenvalue weighted by atomic mass is 9.84. The zero-order valence-corrected chi connectivity index (χ0v) is 13.2. The van der Waals surface area contributed by atoms with Crippen LogP contribution in [0.15, 0.2) is 18.2 Å². The Morgan fingerprint density at radius 2 is 2.00 bits per heavy atom. The molecular weight excluding hydrogens is 299 g/mol. The van der Waals surface area contributed by atoms with E-state index in [4.69, 9.17) is 4.74 Å². The van der Waals surface area contributed by atoms with Crippen molar-refractivity contribution in [1.29, 1.82) is 0 Å². The van der Waals surface area contributed by atoms with Crippen molar-refractivity contribution in [2.24, 2.45) is 5.92 Å². The number of carbonyl (C=O) groups is 2. The van der Waals surface area contributed by atoms with Crippen LogP contribution in [0.1, 0.15) is 37.7 Å². The van der Waals surface area contributed by atoms with Crippen LogP contribution in [0.5, 0.6) is 5.75 Å². The fraction of sp³-hybridized carbons (Fsp3) is 0.529. The van der Waals surface area contributed by atoms with Gasteiger partial charge in [0.25, 0.3) is 5.91 Å². The molecule has 1 unspecified atom stereocenters. The quantitative estimate of drug-likeness (QED) is 0.868. The SMILES string of the molecule is COc1ccc(CN2C(=O)NC(C3CCCCC3)C2=O)cc1F. The van der Waals surface area contributed by atoms with Crippen LogP contribution in [0, 0.1) is 11.7 Å². The third kappa shape index (κ3) is 3.16. The Balaban J connectivity index is 1.71. The van der Waals surface area contributed by atoms with Gasteiger partial charge in [-0.1, -0.05) is 25.3 Å². The van der Waals surface area contributed by atoms with E-state index in [1.807, 2.05) is 0 Å². The first-order valence-electron chi connectivity index (χ1n) is 8.04. The molecule has 2 aliphatic rings. The summed E-state index contributed by atoms with van der Waals surface area (Å²) in [6.07, 6.45) is 5.35. The van der Waals surface area contributed by atoms with Crippen LogP contribution < -0.4 is 10.1 Å². The van der Waals surface area contributed by atoms with Crippen LogP contribution in [0.4, 0.5) is 9.18 Å². The standard InChI is InChI=1S/C17H21FN2O3/c1-23-14-8-7-11(9-13(14)18)10-20-16(21)15(19-17(20)22)12-5-3-2-4-6-12/h7-9,12,15H,2-6,10H2,1H3,(H,19,22). The average molecular weight is 320 g/mol. The zero-order valence-electron chi connectivity index (χ0n) is 13.2. The van der Waals surface area contributed by atoms with Crippen molar-refractivity contribution >= 4 is 11.9 Å². The molecule has 1 aromatic rings. The summed E-state index contributed by atoms with van der Waals surface area (Å²) in [6.45, 7) is 0.0782. The second-order valence-electron chi connectivity index (χ2n) is 6.22. The Labute approximate surface area is 134 Å². The summed E-state index contributed by atoms with van der Waals surface area (Å²) in [6, 6.07) is 3.65. The van der Waals surface area contributed by atoms with E-state index in [-0.39, 0.29) is 30.2 Å². The van der Waals surface area contributed by atoms with E-state index in [2.05, 4.69) is 5.32 Å². The Bertz CT molecular complexity index is 614. The Morgan fingerprint density at radius 1 is 1.26 bits per heavy atom. The van der Waals surface area contributed by atoms with Gasteiger partial charge in [-0.2, -0.15) is 0 Å². The van der Waals surface area contributed by atoms with E-state index < -0.39 is 11.9 Å². The lowest BCUT2D eigenvalue weighted by Crippen LogP contribution is -2.38. The lowest BCUT2D eigenvalue weighted by Gasteiger charge is -2.25. The van der Waals surface area contributed by atoms with Gasteiger partial charge in [0.1, 0.15) is 6.04 Å². The molecule has 1 heterocycles. The van der Waals surface area contributed by atoms with Gasteiger partial charge in [0, 0.05) is 0 Å². The molecule has 1 aliphatic heterocycles. The smallest absolute Gasteiger partial charge is 0.325 e. The van der Waals surface area contributed by atoms with Crippen LogP contribution in [0.3, 0.4) is 0 Å². The maximum atomic E-state index is 13.8. The van der Waals surface area contributed by atoms with Crippen molar-refractivity contribution in [3.8, 4) is 5.75 Å². The van der Waals surface area contributed by atoms with Crippen molar-refractivity contribution in [2.75, 3.05) is 7.11 Å². The third-order valence-electron chi connectivity index (χ3n) is 4.73. The number of nitrogens with zero attached hydrogens (tertiary/aromatic N) is 1. The number of ether oxygens (including phenoxy) is 1. The Kier molecular flexibility index (Phi) is 4.50. The van der Waals surface area contributed by atoms with Crippen LogP contribution in [0.2, 0.25) is 0 Å². The van der Waals surface area contributed by atoms with E-state index >= 15 is 0 Å². The van der Waals surface area contributed by atoms with Gasteiger partial charge in [-0.15, -0.1) is 0 Å². The molecule has 1 atom stereocenters. The van der Waals surface area contributed by atoms with Gasteiger partial charge >= 0.3 is 6.03 Å². The highest BCUT2D eigenvalue weighted by atomic mass is 19.1. The summed E-state index contributed by atoms with van der Waals surface area (Å²) in [5.74, 6) is -0.331. The number of halogens is 1. The van der Waals surface area contributed by atoms with Gasteiger partial charge in [-0.3, -0.25) is 9.69 Å². The molecule has 6 heteroatoms. The molecule has 1 saturated heterocycles. The number of urea groups is 1. The molecule has 3 rings (SSSR count). The van der Waals surface area contributed by atoms with Gasteiger partial charge < -0.3 is 10.1 Å². The molecule has 3 amide bonds. The maximum Gasteiger partial charge on any atom is 0.325 e. The number of hydrogen-bond acceptors (Lipinski definition) is 3. The summed E-state index contributed by atoms with van der Waals surface area (Å²) in [5.41, 5.74) is 0.566. The monoisotopic (exact) mass is 320 g/mol. The van der Waals surface area contributed by atoms with Gasteiger partial charge in [0.15, 0.2) is 11.6 Å². The minimum atomic E-state index is -0.499. The van der Waals surface area contributed by atoms with E-state index in [9.17, 15) is 14.0 Å². The first kappa shape index (κ1) is 15.8. The predicted octanol–water partition coefficient (Wildman–Crippen LogP) is 2.84. The summed E-state index contributed by atoms with van der Waals surface area (Å²) in [5, 5.41) is 2.80. The van der Waals surface area contributed by atoms with Crippen molar-refractivity contribution in [2.45, 2.75) is 44.7 Å². The first-order chi connectivity index (χ1) is 11.1. The number of rotatable bonds is 4. The zero-order chi connectivity index (χ0) is 16.4. The molecule has 1 saturated carbocycles. The summed E-state index contributed by atoms with van der Waals surface area (Å²) in [7, 11) is 1.39. The lowest BCUT2D eigenvalue weighted by molar-refractivity contribution is -0.129. The van der Waals surface area contributed by atoms with Crippen LogP contribution in [-0.4, -0.2) is 30.0 Å². The number of carbonyl (C=O) groups excluding carboxylic acids is 2. The minimum Gasteiger partial charge on any atom is -0.494 e. The van der Waals surface area contributed by atoms with Crippen molar-refractivity contribution in [3.63, 3.8) is 0 Å². The molecule has 1 aromatic carbocycles. The van der Waals surface area contributed by atoms with Crippen molar-refractivity contribution < 1.29 is 18.7 Å². The molecule has 5 nitrogen and oxygen atoms in total. The van der Waals surface area contributed by atoms with Crippen LogP contribution in [0.25, 0.3) is 0 Å². The molecule has 2 fully saturated rings. The van der Waals surface area contributed by atoms with Gasteiger partial charge in [0.05, 0.1) is 13.7 Å². The molecule has 0 radical (unpaired) electrons. The van der Waals surface area contributed by atoms with Crippen LogP contribution >= 0.6 is 0 Å². The minimum absolute atomic E-state index is 0.0782. The van der Waals surface area contributed by atoms with Gasteiger partial charge in [-0.25, -0.2) is 9.18 Å². The van der Waals surface area contributed by atoms with Crippen LogP contribution in [-0.2, 0) is 11.3 Å². The molecule has 0 bridgehead atoms. The first-order valence-corrected chi connectivity index (χ1v) is 8.04. The fourth-order valence-electron chi connectivity index (χ4n) is 3.47. The van der Waals surface area contributed by atoms with Crippen molar-refractivity contribution in [1.82, 2.24) is 10.2 Å². The summed E-state index contributed by atoms with van der Waals surface area (Å²) < 4.78 is 18.6. The second kappa shape index (κ2) is 6.56. The fourth-order valence-corrected chi connectivity index (χ4v) is 3.47. The van der Waals surface area contributed by atoms with Gasteiger partial charge in [-0.05, 0) is 36.5 Å². The number of nitrogens with one attached hydrogen (secondary N) is 1. The number of amides is 3. The molecule has 1 aliphatic carbocycles. The van der Waals surface area contributed by atoms with E-state index in [0.29, 0.717) is 5.56 Å². The number of hydrogen-bond donors (Lipinski definition) is 1. The molecule has 0 aromatic heterocycles. The second-order valence-corrected chi connectivity index (χ2v) is 6.22. The Morgan fingerprint density at radius 3 is 2.65 bits per heavy atom. The maximum absolute atomic E-state index is 13.8. The summed E-state index contributed by atoms with van der Waals surface area (Å²) >= 11 is 0. The van der Waals surface area contributed by atoms with Crippen molar-refractivity contribution in [3.05, 3.63) is 29.6 Å². The van der Waals surface area contributed by atoms with E-state index in [1.54, 1.807) is 6.07 Å². The molecule has 1 N–H and O–H groups in total. The number of imide groups is 1. The highest BCUT2D eigenvalue weighted by Gasteiger charge is 2.42.